The average molecular weight is 271 g/mol. The van der Waals surface area contributed by atoms with Gasteiger partial charge in [-0.3, -0.25) is 0 Å². The minimum Gasteiger partial charge on any atom is -0.382 e. The molecule has 0 spiro atoms. The summed E-state index contributed by atoms with van der Waals surface area (Å²) < 4.78 is 16.7. The molecule has 0 saturated heterocycles. The van der Waals surface area contributed by atoms with Crippen LogP contribution in [0.2, 0.25) is 0 Å². The Hall–Kier alpha value is -0.460. The second-order valence-electron chi connectivity index (χ2n) is 4.39. The topological polar surface area (TPSA) is 39.7 Å². The van der Waals surface area contributed by atoms with E-state index in [0.717, 1.165) is 6.42 Å². The molecule has 18 heavy (non-hydrogen) atoms. The van der Waals surface area contributed by atoms with Crippen molar-refractivity contribution in [1.29, 1.82) is 0 Å². The molecule has 1 saturated carbocycles. The van der Waals surface area contributed by atoms with Crippen LogP contribution >= 0.6 is 11.3 Å². The van der Waals surface area contributed by atoms with Crippen LogP contribution in [0.25, 0.3) is 0 Å². The molecule has 0 aliphatic heterocycles. The summed E-state index contributed by atoms with van der Waals surface area (Å²) in [7, 11) is 3.65. The lowest BCUT2D eigenvalue weighted by molar-refractivity contribution is -0.155. The van der Waals surface area contributed by atoms with E-state index in [-0.39, 0.29) is 12.2 Å². The van der Waals surface area contributed by atoms with E-state index < -0.39 is 0 Å². The Morgan fingerprint density at radius 3 is 2.94 bits per heavy atom. The molecule has 1 aromatic heterocycles. The first-order valence-electron chi connectivity index (χ1n) is 6.27. The molecular formula is C13H21NO3S. The summed E-state index contributed by atoms with van der Waals surface area (Å²) >= 11 is 1.73. The molecule has 1 aromatic rings. The fourth-order valence-corrected chi connectivity index (χ4v) is 2.73. The first-order valence-corrected chi connectivity index (χ1v) is 7.15. The van der Waals surface area contributed by atoms with Crippen molar-refractivity contribution in [3.63, 3.8) is 0 Å². The van der Waals surface area contributed by atoms with Crippen molar-refractivity contribution >= 4 is 11.3 Å². The highest BCUT2D eigenvalue weighted by molar-refractivity contribution is 7.09. The molecular weight excluding hydrogens is 250 g/mol. The van der Waals surface area contributed by atoms with Gasteiger partial charge in [0, 0.05) is 18.0 Å². The van der Waals surface area contributed by atoms with E-state index in [4.69, 9.17) is 14.2 Å². The highest BCUT2D eigenvalue weighted by Gasteiger charge is 2.41. The van der Waals surface area contributed by atoms with Gasteiger partial charge in [-0.2, -0.15) is 0 Å². The van der Waals surface area contributed by atoms with Gasteiger partial charge >= 0.3 is 0 Å². The summed E-state index contributed by atoms with van der Waals surface area (Å²) in [5.74, 6) is 0. The van der Waals surface area contributed by atoms with E-state index >= 15 is 0 Å². The normalized spacial score (nSPS) is 27.1. The van der Waals surface area contributed by atoms with Crippen LogP contribution in [-0.2, 0) is 20.8 Å². The van der Waals surface area contributed by atoms with Gasteiger partial charge in [-0.1, -0.05) is 6.07 Å². The SMILES string of the molecule is CNC1CC(OCc2cccs2)C1OCCOC. The zero-order valence-electron chi connectivity index (χ0n) is 10.9. The lowest BCUT2D eigenvalue weighted by Gasteiger charge is -2.43. The fraction of sp³-hybridized carbons (Fsp3) is 0.692. The zero-order valence-corrected chi connectivity index (χ0v) is 11.7. The smallest absolute Gasteiger partial charge is 0.0991 e. The predicted octanol–water partition coefficient (Wildman–Crippen LogP) is 1.66. The zero-order chi connectivity index (χ0) is 12.8. The number of hydrogen-bond donors (Lipinski definition) is 1. The summed E-state index contributed by atoms with van der Waals surface area (Å²) in [5, 5.41) is 5.33. The van der Waals surface area contributed by atoms with Gasteiger partial charge in [0.15, 0.2) is 0 Å². The Labute approximate surface area is 112 Å². The first kappa shape index (κ1) is 14.0. The predicted molar refractivity (Wildman–Crippen MR) is 72.0 cm³/mol. The molecule has 1 aliphatic rings. The Morgan fingerprint density at radius 2 is 2.28 bits per heavy atom. The molecule has 1 heterocycles. The third kappa shape index (κ3) is 3.52. The van der Waals surface area contributed by atoms with Crippen molar-refractivity contribution in [3.8, 4) is 0 Å². The van der Waals surface area contributed by atoms with Gasteiger partial charge in [0.05, 0.1) is 32.0 Å². The largest absolute Gasteiger partial charge is 0.382 e. The van der Waals surface area contributed by atoms with Gasteiger partial charge < -0.3 is 19.5 Å². The summed E-state index contributed by atoms with van der Waals surface area (Å²) in [6, 6.07) is 4.54. The van der Waals surface area contributed by atoms with Crippen LogP contribution < -0.4 is 5.32 Å². The van der Waals surface area contributed by atoms with Crippen molar-refractivity contribution in [3.05, 3.63) is 22.4 Å². The standard InChI is InChI=1S/C13H21NO3S/c1-14-11-8-12(13(11)16-6-5-15-2)17-9-10-4-3-7-18-10/h3-4,7,11-14H,5-6,8-9H2,1-2H3. The van der Waals surface area contributed by atoms with Crippen molar-refractivity contribution < 1.29 is 14.2 Å². The van der Waals surface area contributed by atoms with Crippen LogP contribution in [0.4, 0.5) is 0 Å². The highest BCUT2D eigenvalue weighted by atomic mass is 32.1. The summed E-state index contributed by atoms with van der Waals surface area (Å²) in [6.07, 6.45) is 1.35. The van der Waals surface area contributed by atoms with Gasteiger partial charge in [0.25, 0.3) is 0 Å². The highest BCUT2D eigenvalue weighted by Crippen LogP contribution is 2.28. The van der Waals surface area contributed by atoms with Crippen molar-refractivity contribution in [2.24, 2.45) is 0 Å². The monoisotopic (exact) mass is 271 g/mol. The molecule has 5 heteroatoms. The fourth-order valence-electron chi connectivity index (χ4n) is 2.10. The molecule has 1 fully saturated rings. The molecule has 102 valence electrons. The van der Waals surface area contributed by atoms with Gasteiger partial charge in [-0.15, -0.1) is 11.3 Å². The van der Waals surface area contributed by atoms with E-state index in [1.807, 2.05) is 13.1 Å². The number of rotatable bonds is 8. The lowest BCUT2D eigenvalue weighted by Crippen LogP contribution is -2.59. The summed E-state index contributed by atoms with van der Waals surface area (Å²) in [4.78, 5) is 1.26. The Balaban J connectivity index is 1.73. The van der Waals surface area contributed by atoms with E-state index in [0.29, 0.717) is 25.9 Å². The van der Waals surface area contributed by atoms with E-state index in [2.05, 4.69) is 16.8 Å². The minimum absolute atomic E-state index is 0.144. The summed E-state index contributed by atoms with van der Waals surface area (Å²) in [6.45, 7) is 1.94. The van der Waals surface area contributed by atoms with Crippen LogP contribution in [0.15, 0.2) is 17.5 Å². The van der Waals surface area contributed by atoms with E-state index in [9.17, 15) is 0 Å². The molecule has 4 nitrogen and oxygen atoms in total. The second-order valence-corrected chi connectivity index (χ2v) is 5.42. The maximum Gasteiger partial charge on any atom is 0.0991 e. The molecule has 0 aromatic carbocycles. The minimum atomic E-state index is 0.144. The van der Waals surface area contributed by atoms with Crippen molar-refractivity contribution in [1.82, 2.24) is 5.32 Å². The third-order valence-electron chi connectivity index (χ3n) is 3.24. The maximum absolute atomic E-state index is 5.90. The number of ether oxygens (including phenoxy) is 3. The second kappa shape index (κ2) is 7.21. The van der Waals surface area contributed by atoms with Gasteiger partial charge in [0.2, 0.25) is 0 Å². The Morgan fingerprint density at radius 1 is 1.39 bits per heavy atom. The van der Waals surface area contributed by atoms with Crippen LogP contribution in [0.1, 0.15) is 11.3 Å². The van der Waals surface area contributed by atoms with Crippen LogP contribution in [-0.4, -0.2) is 45.6 Å². The van der Waals surface area contributed by atoms with E-state index in [1.165, 1.54) is 4.88 Å². The lowest BCUT2D eigenvalue weighted by atomic mass is 9.85. The summed E-state index contributed by atoms with van der Waals surface area (Å²) in [5.41, 5.74) is 0. The molecule has 3 unspecified atom stereocenters. The van der Waals surface area contributed by atoms with Gasteiger partial charge in [0.1, 0.15) is 0 Å². The Kier molecular flexibility index (Phi) is 5.59. The first-order chi connectivity index (χ1) is 8.85. The van der Waals surface area contributed by atoms with Crippen LogP contribution in [0.5, 0.6) is 0 Å². The third-order valence-corrected chi connectivity index (χ3v) is 4.09. The average Bonchev–Trinajstić information content (AvgIpc) is 2.86. The van der Waals surface area contributed by atoms with E-state index in [1.54, 1.807) is 18.4 Å². The number of likely N-dealkylation sites (N-methyl/N-ethyl adjacent to an activating group) is 1. The van der Waals surface area contributed by atoms with Crippen LogP contribution in [0.3, 0.4) is 0 Å². The number of thiophene rings is 1. The quantitative estimate of drug-likeness (QED) is 0.730. The molecule has 0 radical (unpaired) electrons. The molecule has 0 amide bonds. The van der Waals surface area contributed by atoms with Crippen LogP contribution in [0, 0.1) is 0 Å². The molecule has 1 N–H and O–H groups in total. The molecule has 0 bridgehead atoms. The molecule has 2 rings (SSSR count). The Bertz CT molecular complexity index is 331. The number of hydrogen-bond acceptors (Lipinski definition) is 5. The van der Waals surface area contributed by atoms with Gasteiger partial charge in [-0.05, 0) is 24.9 Å². The molecule has 1 aliphatic carbocycles. The van der Waals surface area contributed by atoms with Crippen molar-refractivity contribution in [2.45, 2.75) is 31.3 Å². The van der Waals surface area contributed by atoms with Crippen molar-refractivity contribution in [2.75, 3.05) is 27.4 Å². The number of methoxy groups -OCH3 is 1. The molecule has 3 atom stereocenters. The maximum atomic E-state index is 5.90. The van der Waals surface area contributed by atoms with Gasteiger partial charge in [-0.25, -0.2) is 0 Å². The number of nitrogens with one attached hydrogen (secondary N) is 1.